The summed E-state index contributed by atoms with van der Waals surface area (Å²) < 4.78 is 5.46. The molecular weight excluding hydrogens is 490 g/mol. The third-order valence-electron chi connectivity index (χ3n) is 6.47. The van der Waals surface area contributed by atoms with Crippen molar-refractivity contribution in [2.45, 2.75) is 65.6 Å². The van der Waals surface area contributed by atoms with Crippen LogP contribution in [0.5, 0.6) is 0 Å². The summed E-state index contributed by atoms with van der Waals surface area (Å²) in [6, 6.07) is 20.8. The van der Waals surface area contributed by atoms with E-state index < -0.39 is 29.7 Å². The van der Waals surface area contributed by atoms with Gasteiger partial charge in [-0.05, 0) is 75.4 Å². The fraction of sp³-hybridized carbons (Fsp3) is 0.344. The van der Waals surface area contributed by atoms with Crippen LogP contribution in [0.2, 0.25) is 0 Å². The number of hydrogen-bond acceptors (Lipinski definition) is 4. The molecule has 0 bridgehead atoms. The molecule has 7 heteroatoms. The minimum atomic E-state index is -0.953. The number of carbonyl (C=O) groups is 3. The molecular formula is C32H39N3O4. The lowest BCUT2D eigenvalue weighted by Crippen LogP contribution is -2.52. The van der Waals surface area contributed by atoms with Crippen LogP contribution in [0.4, 0.5) is 10.5 Å². The van der Waals surface area contributed by atoms with E-state index >= 15 is 0 Å². The Morgan fingerprint density at radius 1 is 0.821 bits per heavy atom. The number of likely N-dealkylation sites (N-methyl/N-ethyl adjacent to an activating group) is 1. The number of ether oxygens (including phenoxy) is 1. The first kappa shape index (κ1) is 29.4. The molecule has 7 nitrogen and oxygen atoms in total. The minimum absolute atomic E-state index is 0.238. The van der Waals surface area contributed by atoms with Gasteiger partial charge in [-0.1, -0.05) is 66.7 Å². The normalized spacial score (nSPS) is 12.7. The zero-order valence-corrected chi connectivity index (χ0v) is 23.9. The average Bonchev–Trinajstić information content (AvgIpc) is 2.86. The Hall–Kier alpha value is -4.13. The van der Waals surface area contributed by atoms with Gasteiger partial charge in [0, 0.05) is 19.2 Å². The molecule has 0 radical (unpaired) electrons. The van der Waals surface area contributed by atoms with Crippen LogP contribution in [0.15, 0.2) is 72.8 Å². The highest BCUT2D eigenvalue weighted by Crippen LogP contribution is 2.29. The first-order valence-electron chi connectivity index (χ1n) is 13.1. The van der Waals surface area contributed by atoms with Crippen molar-refractivity contribution in [1.29, 1.82) is 0 Å². The van der Waals surface area contributed by atoms with Crippen LogP contribution in [0.25, 0.3) is 0 Å². The van der Waals surface area contributed by atoms with Crippen LogP contribution in [-0.2, 0) is 20.7 Å². The van der Waals surface area contributed by atoms with E-state index in [-0.39, 0.29) is 12.3 Å². The highest BCUT2D eigenvalue weighted by molar-refractivity contribution is 5.99. The molecule has 2 unspecified atom stereocenters. The van der Waals surface area contributed by atoms with E-state index in [1.165, 1.54) is 4.90 Å². The number of nitrogens with one attached hydrogen (secondary N) is 2. The molecule has 0 aromatic heterocycles. The Labute approximate surface area is 231 Å². The molecule has 3 amide bonds. The molecule has 3 aromatic rings. The molecule has 3 rings (SSSR count). The highest BCUT2D eigenvalue weighted by Gasteiger charge is 2.35. The average molecular weight is 530 g/mol. The van der Waals surface area contributed by atoms with Gasteiger partial charge in [0.1, 0.15) is 17.7 Å². The Bertz CT molecular complexity index is 1290. The van der Waals surface area contributed by atoms with Crippen molar-refractivity contribution in [1.82, 2.24) is 10.2 Å². The van der Waals surface area contributed by atoms with E-state index in [1.54, 1.807) is 27.8 Å². The second-order valence-electron chi connectivity index (χ2n) is 10.8. The van der Waals surface area contributed by atoms with E-state index in [0.29, 0.717) is 5.69 Å². The molecule has 3 aromatic carbocycles. The molecule has 0 heterocycles. The molecule has 206 valence electrons. The Morgan fingerprint density at radius 3 is 1.97 bits per heavy atom. The molecule has 0 aliphatic rings. The lowest BCUT2D eigenvalue weighted by atomic mass is 9.93. The van der Waals surface area contributed by atoms with Gasteiger partial charge < -0.3 is 20.3 Å². The summed E-state index contributed by atoms with van der Waals surface area (Å²) in [6.45, 7) is 11.1. The molecule has 0 aliphatic heterocycles. The van der Waals surface area contributed by atoms with Gasteiger partial charge in [-0.15, -0.1) is 0 Å². The van der Waals surface area contributed by atoms with Crippen molar-refractivity contribution in [2.75, 3.05) is 12.4 Å². The zero-order chi connectivity index (χ0) is 28.7. The van der Waals surface area contributed by atoms with Crippen LogP contribution in [-0.4, -0.2) is 41.5 Å². The quantitative estimate of drug-likeness (QED) is 0.381. The van der Waals surface area contributed by atoms with E-state index in [9.17, 15) is 14.4 Å². The van der Waals surface area contributed by atoms with Crippen LogP contribution in [0.3, 0.4) is 0 Å². The Kier molecular flexibility index (Phi) is 9.51. The van der Waals surface area contributed by atoms with E-state index in [1.807, 2.05) is 93.6 Å². The van der Waals surface area contributed by atoms with Crippen molar-refractivity contribution in [3.63, 3.8) is 0 Å². The maximum atomic E-state index is 14.1. The number of amides is 3. The summed E-state index contributed by atoms with van der Waals surface area (Å²) in [5.74, 6) is -0.745. The molecule has 2 N–H and O–H groups in total. The van der Waals surface area contributed by atoms with Crippen molar-refractivity contribution >= 4 is 23.6 Å². The molecule has 39 heavy (non-hydrogen) atoms. The minimum Gasteiger partial charge on any atom is -0.444 e. The first-order valence-corrected chi connectivity index (χ1v) is 13.1. The summed E-state index contributed by atoms with van der Waals surface area (Å²) in [5.41, 5.74) is 4.24. The third kappa shape index (κ3) is 7.93. The lowest BCUT2D eigenvalue weighted by molar-refractivity contribution is -0.139. The Balaban J connectivity index is 2.01. The largest absolute Gasteiger partial charge is 0.444 e. The van der Waals surface area contributed by atoms with Crippen molar-refractivity contribution in [3.8, 4) is 0 Å². The number of benzene rings is 3. The van der Waals surface area contributed by atoms with E-state index in [2.05, 4.69) is 10.6 Å². The number of alkyl carbamates (subject to hydrolysis) is 1. The molecule has 0 fully saturated rings. The van der Waals surface area contributed by atoms with Gasteiger partial charge in [0.05, 0.1) is 0 Å². The molecule has 0 saturated heterocycles. The second kappa shape index (κ2) is 12.6. The number of hydrogen-bond donors (Lipinski definition) is 2. The van der Waals surface area contributed by atoms with Crippen LogP contribution in [0.1, 0.15) is 54.6 Å². The topological polar surface area (TPSA) is 87.7 Å². The molecule has 0 saturated carbocycles. The van der Waals surface area contributed by atoms with E-state index in [0.717, 1.165) is 27.8 Å². The number of nitrogens with zero attached hydrogens (tertiary/aromatic N) is 1. The maximum absolute atomic E-state index is 14.1. The van der Waals surface area contributed by atoms with Gasteiger partial charge >= 0.3 is 6.09 Å². The zero-order valence-electron chi connectivity index (χ0n) is 23.9. The summed E-state index contributed by atoms with van der Waals surface area (Å²) in [6.07, 6.45) is -0.458. The predicted molar refractivity (Wildman–Crippen MR) is 155 cm³/mol. The van der Waals surface area contributed by atoms with Crippen molar-refractivity contribution < 1.29 is 19.1 Å². The molecule has 0 aliphatic carbocycles. The fourth-order valence-corrected chi connectivity index (χ4v) is 4.55. The summed E-state index contributed by atoms with van der Waals surface area (Å²) in [5, 5.41) is 5.77. The summed E-state index contributed by atoms with van der Waals surface area (Å²) in [7, 11) is 1.60. The SMILES string of the molecule is Cc1ccccc1NC(=O)C(c1c(C)cccc1C)N(C)C(=O)C(Cc1ccccc1)NC(=O)OC(C)(C)C. The molecule has 2 atom stereocenters. The second-order valence-corrected chi connectivity index (χ2v) is 10.8. The summed E-state index contributed by atoms with van der Waals surface area (Å²) >= 11 is 0. The molecule has 0 spiro atoms. The summed E-state index contributed by atoms with van der Waals surface area (Å²) in [4.78, 5) is 42.2. The van der Waals surface area contributed by atoms with Gasteiger partial charge in [-0.2, -0.15) is 0 Å². The number of aryl methyl sites for hydroxylation is 3. The maximum Gasteiger partial charge on any atom is 0.408 e. The van der Waals surface area contributed by atoms with E-state index in [4.69, 9.17) is 4.74 Å². The van der Waals surface area contributed by atoms with Gasteiger partial charge in [0.25, 0.3) is 5.91 Å². The monoisotopic (exact) mass is 529 g/mol. The van der Waals surface area contributed by atoms with Gasteiger partial charge in [0.2, 0.25) is 5.91 Å². The third-order valence-corrected chi connectivity index (χ3v) is 6.47. The fourth-order valence-electron chi connectivity index (χ4n) is 4.55. The predicted octanol–water partition coefficient (Wildman–Crippen LogP) is 5.89. The van der Waals surface area contributed by atoms with Gasteiger partial charge in [0.15, 0.2) is 0 Å². The van der Waals surface area contributed by atoms with Crippen LogP contribution >= 0.6 is 0 Å². The number of anilines is 1. The van der Waals surface area contributed by atoms with Crippen LogP contribution in [0, 0.1) is 20.8 Å². The Morgan fingerprint density at radius 2 is 1.38 bits per heavy atom. The van der Waals surface area contributed by atoms with Crippen LogP contribution < -0.4 is 10.6 Å². The first-order chi connectivity index (χ1) is 18.4. The number of para-hydroxylation sites is 1. The number of carbonyl (C=O) groups excluding carboxylic acids is 3. The highest BCUT2D eigenvalue weighted by atomic mass is 16.6. The lowest BCUT2D eigenvalue weighted by Gasteiger charge is -2.33. The van der Waals surface area contributed by atoms with Crippen molar-refractivity contribution in [2.24, 2.45) is 0 Å². The smallest absolute Gasteiger partial charge is 0.408 e. The van der Waals surface area contributed by atoms with Gasteiger partial charge in [-0.3, -0.25) is 9.59 Å². The van der Waals surface area contributed by atoms with Gasteiger partial charge in [-0.25, -0.2) is 4.79 Å². The standard InChI is InChI=1S/C32H39N3O4/c1-21-14-11-12-19-25(21)33-29(36)28(27-22(2)15-13-16-23(27)3)35(7)30(37)26(20-24-17-9-8-10-18-24)34-31(38)39-32(4,5)6/h8-19,26,28H,20H2,1-7H3,(H,33,36)(H,34,38). The number of rotatable bonds is 8. The van der Waals surface area contributed by atoms with Crippen molar-refractivity contribution in [3.05, 3.63) is 101 Å².